The van der Waals surface area contributed by atoms with Gasteiger partial charge in [0.05, 0.1) is 0 Å². The molecule has 5 rings (SSSR count). The maximum absolute atomic E-state index is 12.1. The zero-order valence-corrected chi connectivity index (χ0v) is 12.0. The number of amides is 1. The second kappa shape index (κ2) is 4.86. The van der Waals surface area contributed by atoms with Crippen molar-refractivity contribution in [2.75, 3.05) is 0 Å². The van der Waals surface area contributed by atoms with Gasteiger partial charge in [-0.25, -0.2) is 5.43 Å². The summed E-state index contributed by atoms with van der Waals surface area (Å²) in [6.45, 7) is 0. The lowest BCUT2D eigenvalue weighted by molar-refractivity contribution is 0.0942. The van der Waals surface area contributed by atoms with Crippen LogP contribution in [-0.2, 0) is 0 Å². The summed E-state index contributed by atoms with van der Waals surface area (Å²) >= 11 is 0. The Morgan fingerprint density at radius 1 is 1.10 bits per heavy atom. The number of nitrogens with one attached hydrogen (secondary N) is 1. The van der Waals surface area contributed by atoms with E-state index in [-0.39, 0.29) is 11.7 Å². The minimum Gasteiger partial charge on any atom is -0.508 e. The highest BCUT2D eigenvalue weighted by Gasteiger charge is 2.46. The molecule has 4 aliphatic rings. The van der Waals surface area contributed by atoms with Crippen molar-refractivity contribution in [3.63, 3.8) is 0 Å². The van der Waals surface area contributed by atoms with Crippen LogP contribution in [0, 0.1) is 23.7 Å². The van der Waals surface area contributed by atoms with Crippen molar-refractivity contribution in [1.82, 2.24) is 5.43 Å². The second-order valence-corrected chi connectivity index (χ2v) is 6.83. The molecule has 0 radical (unpaired) electrons. The summed E-state index contributed by atoms with van der Waals surface area (Å²) < 4.78 is 0. The fourth-order valence-electron chi connectivity index (χ4n) is 4.68. The average Bonchev–Trinajstić information content (AvgIpc) is 2.45. The van der Waals surface area contributed by atoms with Crippen LogP contribution in [0.25, 0.3) is 0 Å². The van der Waals surface area contributed by atoms with Gasteiger partial charge in [-0.15, -0.1) is 0 Å². The van der Waals surface area contributed by atoms with E-state index < -0.39 is 0 Å². The third-order valence-electron chi connectivity index (χ3n) is 5.37. The summed E-state index contributed by atoms with van der Waals surface area (Å²) in [7, 11) is 0. The lowest BCUT2D eigenvalue weighted by atomic mass is 9.55. The number of carbonyl (C=O) groups is 1. The Labute approximate surface area is 124 Å². The molecule has 0 saturated heterocycles. The van der Waals surface area contributed by atoms with E-state index in [0.29, 0.717) is 17.4 Å². The molecular formula is C17H20N2O2. The first-order chi connectivity index (χ1) is 10.2. The largest absolute Gasteiger partial charge is 0.508 e. The maximum Gasteiger partial charge on any atom is 0.271 e. The molecule has 0 atom stereocenters. The Kier molecular flexibility index (Phi) is 2.98. The van der Waals surface area contributed by atoms with Crippen molar-refractivity contribution in [1.29, 1.82) is 0 Å². The molecule has 0 unspecified atom stereocenters. The predicted molar refractivity (Wildman–Crippen MR) is 80.1 cm³/mol. The topological polar surface area (TPSA) is 61.7 Å². The van der Waals surface area contributed by atoms with Gasteiger partial charge >= 0.3 is 0 Å². The van der Waals surface area contributed by atoms with Crippen LogP contribution in [-0.4, -0.2) is 16.7 Å². The highest BCUT2D eigenvalue weighted by molar-refractivity contribution is 5.97. The van der Waals surface area contributed by atoms with Gasteiger partial charge in [0, 0.05) is 11.3 Å². The zero-order valence-electron chi connectivity index (χ0n) is 12.0. The van der Waals surface area contributed by atoms with Crippen molar-refractivity contribution >= 4 is 11.6 Å². The van der Waals surface area contributed by atoms with E-state index in [1.54, 1.807) is 18.2 Å². The molecule has 4 nitrogen and oxygen atoms in total. The van der Waals surface area contributed by atoms with Gasteiger partial charge in [-0.05, 0) is 74.0 Å². The molecule has 4 bridgehead atoms. The molecule has 0 heterocycles. The standard InChI is InChI=1S/C17H20N2O2/c20-15-3-1-2-12(9-15)17(21)19-18-16-13-5-10-4-11(7-13)8-14(16)6-10/h1-3,9-11,13-14,20H,4-8H2,(H,19,21). The molecule has 0 aliphatic heterocycles. The molecule has 1 amide bonds. The van der Waals surface area contributed by atoms with Crippen molar-refractivity contribution in [2.24, 2.45) is 28.8 Å². The first-order valence-corrected chi connectivity index (χ1v) is 7.86. The molecule has 110 valence electrons. The summed E-state index contributed by atoms with van der Waals surface area (Å²) in [4.78, 5) is 12.1. The monoisotopic (exact) mass is 284 g/mol. The first-order valence-electron chi connectivity index (χ1n) is 7.86. The van der Waals surface area contributed by atoms with Crippen LogP contribution in [0.4, 0.5) is 0 Å². The number of rotatable bonds is 2. The molecule has 4 saturated carbocycles. The van der Waals surface area contributed by atoms with Gasteiger partial charge in [0.25, 0.3) is 5.91 Å². The fourth-order valence-corrected chi connectivity index (χ4v) is 4.68. The number of hydrogen-bond donors (Lipinski definition) is 2. The summed E-state index contributed by atoms with van der Waals surface area (Å²) in [6, 6.07) is 6.37. The minimum absolute atomic E-state index is 0.102. The van der Waals surface area contributed by atoms with Crippen LogP contribution in [0.5, 0.6) is 5.75 Å². The van der Waals surface area contributed by atoms with E-state index >= 15 is 0 Å². The van der Waals surface area contributed by atoms with Crippen LogP contribution in [0.15, 0.2) is 29.4 Å². The van der Waals surface area contributed by atoms with E-state index in [0.717, 1.165) is 11.8 Å². The van der Waals surface area contributed by atoms with Crippen molar-refractivity contribution in [3.8, 4) is 5.75 Å². The Balaban J connectivity index is 1.49. The molecule has 0 spiro atoms. The zero-order chi connectivity index (χ0) is 14.4. The molecule has 2 N–H and O–H groups in total. The second-order valence-electron chi connectivity index (χ2n) is 6.83. The SMILES string of the molecule is O=C(NN=C1C2CC3CC(C2)CC1C3)c1cccc(O)c1. The van der Waals surface area contributed by atoms with E-state index in [1.165, 1.54) is 43.9 Å². The average molecular weight is 284 g/mol. The number of carbonyl (C=O) groups excluding carboxylic acids is 1. The fraction of sp³-hybridized carbons (Fsp3) is 0.529. The summed E-state index contributed by atoms with van der Waals surface area (Å²) in [5, 5.41) is 13.9. The molecule has 1 aromatic carbocycles. The van der Waals surface area contributed by atoms with Crippen LogP contribution >= 0.6 is 0 Å². The van der Waals surface area contributed by atoms with Crippen LogP contribution < -0.4 is 5.43 Å². The number of hydrogen-bond acceptors (Lipinski definition) is 3. The van der Waals surface area contributed by atoms with Crippen molar-refractivity contribution in [3.05, 3.63) is 29.8 Å². The van der Waals surface area contributed by atoms with Crippen molar-refractivity contribution in [2.45, 2.75) is 32.1 Å². The molecule has 0 aromatic heterocycles. The third-order valence-corrected chi connectivity index (χ3v) is 5.37. The summed E-state index contributed by atoms with van der Waals surface area (Å²) in [5.74, 6) is 2.83. The van der Waals surface area contributed by atoms with Gasteiger partial charge in [0.2, 0.25) is 0 Å². The Bertz CT molecular complexity index is 579. The van der Waals surface area contributed by atoms with Gasteiger partial charge in [-0.1, -0.05) is 6.07 Å². The van der Waals surface area contributed by atoms with E-state index in [1.807, 2.05) is 0 Å². The quantitative estimate of drug-likeness (QED) is 0.820. The number of phenols is 1. The molecular weight excluding hydrogens is 264 g/mol. The maximum atomic E-state index is 12.1. The number of hydrazone groups is 1. The van der Waals surface area contributed by atoms with E-state index in [4.69, 9.17) is 0 Å². The van der Waals surface area contributed by atoms with Gasteiger partial charge in [-0.2, -0.15) is 5.10 Å². The number of aromatic hydroxyl groups is 1. The molecule has 4 aliphatic carbocycles. The number of benzene rings is 1. The Morgan fingerprint density at radius 3 is 2.38 bits per heavy atom. The number of phenolic OH excluding ortho intramolecular Hbond substituents is 1. The number of nitrogens with zero attached hydrogens (tertiary/aromatic N) is 1. The normalized spacial score (nSPS) is 33.0. The van der Waals surface area contributed by atoms with Crippen LogP contribution in [0.3, 0.4) is 0 Å². The minimum atomic E-state index is -0.243. The van der Waals surface area contributed by atoms with Gasteiger partial charge in [0.1, 0.15) is 5.75 Å². The highest BCUT2D eigenvalue weighted by atomic mass is 16.3. The highest BCUT2D eigenvalue weighted by Crippen LogP contribution is 2.52. The lowest BCUT2D eigenvalue weighted by Gasteiger charge is -2.50. The van der Waals surface area contributed by atoms with Gasteiger partial charge in [0.15, 0.2) is 0 Å². The van der Waals surface area contributed by atoms with Crippen LogP contribution in [0.1, 0.15) is 42.5 Å². The first kappa shape index (κ1) is 12.9. The summed E-state index contributed by atoms with van der Waals surface area (Å²) in [5.41, 5.74) is 4.36. The van der Waals surface area contributed by atoms with Gasteiger partial charge < -0.3 is 5.11 Å². The van der Waals surface area contributed by atoms with E-state index in [2.05, 4.69) is 10.5 Å². The molecule has 4 fully saturated rings. The van der Waals surface area contributed by atoms with E-state index in [9.17, 15) is 9.90 Å². The van der Waals surface area contributed by atoms with Crippen LogP contribution in [0.2, 0.25) is 0 Å². The van der Waals surface area contributed by atoms with Gasteiger partial charge in [-0.3, -0.25) is 4.79 Å². The molecule has 1 aromatic rings. The summed E-state index contributed by atoms with van der Waals surface area (Å²) in [6.07, 6.45) is 6.44. The lowest BCUT2D eigenvalue weighted by Crippen LogP contribution is -2.46. The smallest absolute Gasteiger partial charge is 0.271 e. The molecule has 4 heteroatoms. The Hall–Kier alpha value is -1.84. The third kappa shape index (κ3) is 2.33. The predicted octanol–water partition coefficient (Wildman–Crippen LogP) is 2.93. The van der Waals surface area contributed by atoms with Crippen molar-refractivity contribution < 1.29 is 9.90 Å². The molecule has 21 heavy (non-hydrogen) atoms. The Morgan fingerprint density at radius 2 is 1.76 bits per heavy atom.